The van der Waals surface area contributed by atoms with E-state index in [1.54, 1.807) is 29.8 Å². The van der Waals surface area contributed by atoms with Crippen LogP contribution in [0.25, 0.3) is 0 Å². The molecule has 1 N–H and O–H groups in total. The lowest BCUT2D eigenvalue weighted by molar-refractivity contribution is -0.117. The predicted octanol–water partition coefficient (Wildman–Crippen LogP) is 1.87. The van der Waals surface area contributed by atoms with Crippen LogP contribution in [0.3, 0.4) is 0 Å². The molecule has 0 radical (unpaired) electrons. The van der Waals surface area contributed by atoms with E-state index in [-0.39, 0.29) is 18.3 Å². The van der Waals surface area contributed by atoms with Gasteiger partial charge < -0.3 is 10.2 Å². The number of nitrogens with one attached hydrogen (secondary N) is 1. The first-order valence-electron chi connectivity index (χ1n) is 5.53. The molecule has 0 saturated heterocycles. The van der Waals surface area contributed by atoms with Crippen LogP contribution in [0.5, 0.6) is 0 Å². The van der Waals surface area contributed by atoms with E-state index in [9.17, 15) is 9.18 Å². The van der Waals surface area contributed by atoms with Crippen LogP contribution in [0.2, 0.25) is 0 Å². The second kappa shape index (κ2) is 5.06. The predicted molar refractivity (Wildman–Crippen MR) is 68.0 cm³/mol. The number of anilines is 1. The largest absolute Gasteiger partial charge is 0.311 e. The van der Waals surface area contributed by atoms with Gasteiger partial charge in [0.25, 0.3) is 0 Å². The number of rotatable bonds is 2. The summed E-state index contributed by atoms with van der Waals surface area (Å²) in [5, 5.41) is 3.16. The van der Waals surface area contributed by atoms with E-state index in [2.05, 4.69) is 12.2 Å². The number of amides is 1. The highest BCUT2D eigenvalue weighted by Gasteiger charge is 2.26. The van der Waals surface area contributed by atoms with Crippen LogP contribution in [-0.2, 0) is 4.79 Å². The fourth-order valence-electron chi connectivity index (χ4n) is 1.89. The maximum absolute atomic E-state index is 13.3. The Labute approximate surface area is 104 Å². The first kappa shape index (κ1) is 12.4. The third-order valence-electron chi connectivity index (χ3n) is 2.61. The van der Waals surface area contributed by atoms with Gasteiger partial charge in [0.05, 0.1) is 12.2 Å². The molecule has 0 fully saturated rings. The quantitative estimate of drug-likeness (QED) is 0.874. The number of thioether (sulfide) groups is 1. The SMILES string of the molecule is CNCC(=O)N1CC(C)Sc2ccc(F)cc21. The highest BCUT2D eigenvalue weighted by atomic mass is 32.2. The first-order chi connectivity index (χ1) is 8.11. The molecule has 0 spiro atoms. The van der Waals surface area contributed by atoms with Crippen LogP contribution in [0.15, 0.2) is 23.1 Å². The van der Waals surface area contributed by atoms with Gasteiger partial charge in [-0.25, -0.2) is 4.39 Å². The lowest BCUT2D eigenvalue weighted by Gasteiger charge is -2.32. The topological polar surface area (TPSA) is 32.3 Å². The molecule has 0 aromatic heterocycles. The molecule has 0 saturated carbocycles. The third-order valence-corrected chi connectivity index (χ3v) is 3.76. The zero-order valence-corrected chi connectivity index (χ0v) is 10.7. The summed E-state index contributed by atoms with van der Waals surface area (Å²) in [7, 11) is 1.73. The lowest BCUT2D eigenvalue weighted by Crippen LogP contribution is -2.42. The fraction of sp³-hybridized carbons (Fsp3) is 0.417. The Bertz CT molecular complexity index is 439. The second-order valence-electron chi connectivity index (χ2n) is 4.08. The van der Waals surface area contributed by atoms with Crippen LogP contribution >= 0.6 is 11.8 Å². The molecule has 1 atom stereocenters. The number of hydrogen-bond acceptors (Lipinski definition) is 3. The Hall–Kier alpha value is -1.07. The van der Waals surface area contributed by atoms with Gasteiger partial charge in [0.1, 0.15) is 5.82 Å². The van der Waals surface area contributed by atoms with Crippen molar-refractivity contribution in [3.8, 4) is 0 Å². The van der Waals surface area contributed by atoms with E-state index in [1.165, 1.54) is 12.1 Å². The summed E-state index contributed by atoms with van der Waals surface area (Å²) < 4.78 is 13.3. The van der Waals surface area contributed by atoms with Crippen molar-refractivity contribution in [1.82, 2.24) is 5.32 Å². The second-order valence-corrected chi connectivity index (χ2v) is 5.56. The van der Waals surface area contributed by atoms with E-state index < -0.39 is 0 Å². The van der Waals surface area contributed by atoms with Crippen LogP contribution in [0, 0.1) is 5.82 Å². The maximum atomic E-state index is 13.3. The number of carbonyl (C=O) groups excluding carboxylic acids is 1. The minimum atomic E-state index is -0.304. The van der Waals surface area contributed by atoms with Gasteiger partial charge in [-0.05, 0) is 25.2 Å². The Morgan fingerprint density at radius 2 is 2.41 bits per heavy atom. The number of benzene rings is 1. The molecule has 5 heteroatoms. The molecule has 0 aliphatic carbocycles. The molecule has 2 rings (SSSR count). The van der Waals surface area contributed by atoms with Gasteiger partial charge in [-0.3, -0.25) is 4.79 Å². The van der Waals surface area contributed by atoms with Crippen molar-refractivity contribution in [2.24, 2.45) is 0 Å². The number of nitrogens with zero attached hydrogens (tertiary/aromatic N) is 1. The number of halogens is 1. The Morgan fingerprint density at radius 1 is 1.65 bits per heavy atom. The van der Waals surface area contributed by atoms with Crippen molar-refractivity contribution < 1.29 is 9.18 Å². The lowest BCUT2D eigenvalue weighted by atomic mass is 10.2. The van der Waals surface area contributed by atoms with E-state index in [4.69, 9.17) is 0 Å². The summed E-state index contributed by atoms with van der Waals surface area (Å²) in [5.41, 5.74) is 0.688. The van der Waals surface area contributed by atoms with Gasteiger partial charge in [0, 0.05) is 16.7 Å². The van der Waals surface area contributed by atoms with E-state index >= 15 is 0 Å². The Morgan fingerprint density at radius 3 is 3.12 bits per heavy atom. The molecular formula is C12H15FN2OS. The number of hydrogen-bond donors (Lipinski definition) is 1. The summed E-state index contributed by atoms with van der Waals surface area (Å²) in [4.78, 5) is 14.6. The molecule has 1 amide bonds. The minimum absolute atomic E-state index is 0.0218. The Balaban J connectivity index is 2.35. The van der Waals surface area contributed by atoms with E-state index in [0.29, 0.717) is 17.5 Å². The summed E-state index contributed by atoms with van der Waals surface area (Å²) >= 11 is 1.68. The molecular weight excluding hydrogens is 239 g/mol. The third kappa shape index (κ3) is 2.61. The average Bonchev–Trinajstić information content (AvgIpc) is 2.29. The summed E-state index contributed by atoms with van der Waals surface area (Å²) in [6.45, 7) is 2.96. The molecule has 1 aliphatic heterocycles. The van der Waals surface area contributed by atoms with Crippen LogP contribution in [0.1, 0.15) is 6.92 Å². The van der Waals surface area contributed by atoms with Crippen LogP contribution < -0.4 is 10.2 Å². The van der Waals surface area contributed by atoms with E-state index in [0.717, 1.165) is 4.90 Å². The first-order valence-corrected chi connectivity index (χ1v) is 6.41. The smallest absolute Gasteiger partial charge is 0.241 e. The zero-order valence-electron chi connectivity index (χ0n) is 9.87. The highest BCUT2D eigenvalue weighted by molar-refractivity contribution is 8.00. The standard InChI is InChI=1S/C12H15FN2OS/c1-8-7-15(12(16)6-14-2)10-5-9(13)3-4-11(10)17-8/h3-5,8,14H,6-7H2,1-2H3. The molecule has 1 aromatic carbocycles. The van der Waals surface area contributed by atoms with Crippen molar-refractivity contribution in [2.75, 3.05) is 25.0 Å². The molecule has 92 valence electrons. The van der Waals surface area contributed by atoms with Crippen LogP contribution in [-0.4, -0.2) is 31.3 Å². The molecule has 3 nitrogen and oxygen atoms in total. The summed E-state index contributed by atoms with van der Waals surface area (Å²) in [6.07, 6.45) is 0. The van der Waals surface area contributed by atoms with Gasteiger partial charge in [-0.15, -0.1) is 11.8 Å². The number of likely N-dealkylation sites (N-methyl/N-ethyl adjacent to an activating group) is 1. The van der Waals surface area contributed by atoms with Gasteiger partial charge in [-0.1, -0.05) is 6.92 Å². The average molecular weight is 254 g/mol. The minimum Gasteiger partial charge on any atom is -0.311 e. The monoisotopic (exact) mass is 254 g/mol. The zero-order chi connectivity index (χ0) is 12.4. The van der Waals surface area contributed by atoms with Gasteiger partial charge >= 0.3 is 0 Å². The van der Waals surface area contributed by atoms with E-state index in [1.807, 2.05) is 0 Å². The number of fused-ring (bicyclic) bond motifs is 1. The van der Waals surface area contributed by atoms with Crippen molar-refractivity contribution >= 4 is 23.4 Å². The normalized spacial score (nSPS) is 19.0. The van der Waals surface area contributed by atoms with Crippen molar-refractivity contribution in [3.05, 3.63) is 24.0 Å². The summed E-state index contributed by atoms with van der Waals surface area (Å²) in [6, 6.07) is 4.61. The van der Waals surface area contributed by atoms with Crippen molar-refractivity contribution in [3.63, 3.8) is 0 Å². The Kier molecular flexibility index (Phi) is 3.69. The molecule has 17 heavy (non-hydrogen) atoms. The van der Waals surface area contributed by atoms with Crippen molar-refractivity contribution in [2.45, 2.75) is 17.1 Å². The van der Waals surface area contributed by atoms with Gasteiger partial charge in [0.2, 0.25) is 5.91 Å². The van der Waals surface area contributed by atoms with Crippen molar-refractivity contribution in [1.29, 1.82) is 0 Å². The van der Waals surface area contributed by atoms with Gasteiger partial charge in [0.15, 0.2) is 0 Å². The van der Waals surface area contributed by atoms with Gasteiger partial charge in [-0.2, -0.15) is 0 Å². The number of carbonyl (C=O) groups is 1. The fourth-order valence-corrected chi connectivity index (χ4v) is 2.99. The molecule has 1 aliphatic rings. The molecule has 1 heterocycles. The molecule has 1 unspecified atom stereocenters. The summed E-state index contributed by atoms with van der Waals surface area (Å²) in [5.74, 6) is -0.326. The maximum Gasteiger partial charge on any atom is 0.241 e. The highest BCUT2D eigenvalue weighted by Crippen LogP contribution is 2.38. The molecule has 0 bridgehead atoms. The van der Waals surface area contributed by atoms with Crippen LogP contribution in [0.4, 0.5) is 10.1 Å². The molecule has 1 aromatic rings.